The quantitative estimate of drug-likeness (QED) is 0.262. The molecule has 1 aromatic carbocycles. The maximum Gasteiger partial charge on any atom is 0.191 e. The summed E-state index contributed by atoms with van der Waals surface area (Å²) < 4.78 is 10.9. The Labute approximate surface area is 174 Å². The van der Waals surface area contributed by atoms with Crippen molar-refractivity contribution < 1.29 is 9.47 Å². The van der Waals surface area contributed by atoms with Gasteiger partial charge in [0.05, 0.1) is 13.7 Å². The van der Waals surface area contributed by atoms with E-state index in [0.717, 1.165) is 30.5 Å². The number of aliphatic imine (C=N–C) groups is 1. The Balaban J connectivity index is 0.00000338. The summed E-state index contributed by atoms with van der Waals surface area (Å²) in [5.74, 6) is 3.21. The second-order valence-electron chi connectivity index (χ2n) is 6.31. The molecule has 1 heterocycles. The van der Waals surface area contributed by atoms with E-state index in [9.17, 15) is 0 Å². The van der Waals surface area contributed by atoms with Gasteiger partial charge in [-0.2, -0.15) is 0 Å². The van der Waals surface area contributed by atoms with Crippen molar-refractivity contribution in [1.29, 1.82) is 0 Å². The van der Waals surface area contributed by atoms with Gasteiger partial charge < -0.3 is 25.0 Å². The van der Waals surface area contributed by atoms with Gasteiger partial charge in [-0.25, -0.2) is 0 Å². The Kier molecular flexibility index (Phi) is 11.4. The molecule has 0 amide bonds. The molecule has 1 aliphatic rings. The minimum absolute atomic E-state index is 0. The SMILES string of the molecule is CCN1CCCC(CNC(=NC)NCCOc2ccc(OC)cc2)C1.I. The average Bonchev–Trinajstić information content (AvgIpc) is 2.68. The van der Waals surface area contributed by atoms with Crippen molar-refractivity contribution in [2.75, 3.05) is 53.5 Å². The third kappa shape index (κ3) is 7.99. The van der Waals surface area contributed by atoms with Gasteiger partial charge in [-0.05, 0) is 56.1 Å². The molecule has 1 unspecified atom stereocenters. The van der Waals surface area contributed by atoms with Crippen LogP contribution in [0.4, 0.5) is 0 Å². The van der Waals surface area contributed by atoms with E-state index in [1.165, 1.54) is 25.9 Å². The fraction of sp³-hybridized carbons (Fsp3) is 0.632. The topological polar surface area (TPSA) is 58.1 Å². The number of benzene rings is 1. The van der Waals surface area contributed by atoms with Gasteiger partial charge in [0.25, 0.3) is 0 Å². The minimum Gasteiger partial charge on any atom is -0.497 e. The van der Waals surface area contributed by atoms with E-state index in [0.29, 0.717) is 19.1 Å². The molecular formula is C19H33IN4O2. The average molecular weight is 476 g/mol. The number of guanidine groups is 1. The summed E-state index contributed by atoms with van der Waals surface area (Å²) in [6.45, 7) is 8.06. The molecule has 148 valence electrons. The van der Waals surface area contributed by atoms with Crippen molar-refractivity contribution in [3.05, 3.63) is 24.3 Å². The first-order valence-electron chi connectivity index (χ1n) is 9.19. The maximum atomic E-state index is 5.72. The fourth-order valence-corrected chi connectivity index (χ4v) is 3.08. The van der Waals surface area contributed by atoms with E-state index in [1.807, 2.05) is 24.3 Å². The number of piperidine rings is 1. The summed E-state index contributed by atoms with van der Waals surface area (Å²) in [6.07, 6.45) is 2.59. The fourth-order valence-electron chi connectivity index (χ4n) is 3.08. The molecule has 0 saturated carbocycles. The molecule has 0 radical (unpaired) electrons. The van der Waals surface area contributed by atoms with Gasteiger partial charge in [-0.1, -0.05) is 6.92 Å². The molecule has 26 heavy (non-hydrogen) atoms. The third-order valence-electron chi connectivity index (χ3n) is 4.55. The number of methoxy groups -OCH3 is 1. The summed E-state index contributed by atoms with van der Waals surface area (Å²) in [6, 6.07) is 7.61. The predicted octanol–water partition coefficient (Wildman–Crippen LogP) is 2.59. The Hall–Kier alpha value is -1.22. The summed E-state index contributed by atoms with van der Waals surface area (Å²) in [4.78, 5) is 6.81. The van der Waals surface area contributed by atoms with Gasteiger partial charge in [0.1, 0.15) is 18.1 Å². The highest BCUT2D eigenvalue weighted by molar-refractivity contribution is 14.0. The van der Waals surface area contributed by atoms with Crippen LogP contribution in [-0.2, 0) is 0 Å². The third-order valence-corrected chi connectivity index (χ3v) is 4.55. The molecule has 7 heteroatoms. The Morgan fingerprint density at radius 1 is 1.23 bits per heavy atom. The van der Waals surface area contributed by atoms with Crippen LogP contribution in [0.5, 0.6) is 11.5 Å². The van der Waals surface area contributed by atoms with Crippen LogP contribution in [0.15, 0.2) is 29.3 Å². The zero-order chi connectivity index (χ0) is 17.9. The predicted molar refractivity (Wildman–Crippen MR) is 118 cm³/mol. The number of hydrogen-bond acceptors (Lipinski definition) is 4. The zero-order valence-corrected chi connectivity index (χ0v) is 18.5. The van der Waals surface area contributed by atoms with E-state index < -0.39 is 0 Å². The lowest BCUT2D eigenvalue weighted by Crippen LogP contribution is -2.45. The molecule has 0 aromatic heterocycles. The van der Waals surface area contributed by atoms with Gasteiger partial charge in [-0.3, -0.25) is 4.99 Å². The second-order valence-corrected chi connectivity index (χ2v) is 6.31. The van der Waals surface area contributed by atoms with Crippen LogP contribution in [0.25, 0.3) is 0 Å². The van der Waals surface area contributed by atoms with Crippen LogP contribution < -0.4 is 20.1 Å². The molecule has 1 aromatic rings. The molecule has 0 aliphatic carbocycles. The highest BCUT2D eigenvalue weighted by Gasteiger charge is 2.18. The maximum absolute atomic E-state index is 5.72. The lowest BCUT2D eigenvalue weighted by molar-refractivity contribution is 0.183. The van der Waals surface area contributed by atoms with Crippen LogP contribution in [0.1, 0.15) is 19.8 Å². The summed E-state index contributed by atoms with van der Waals surface area (Å²) in [5.41, 5.74) is 0. The number of nitrogens with one attached hydrogen (secondary N) is 2. The molecular weight excluding hydrogens is 443 g/mol. The van der Waals surface area contributed by atoms with E-state index in [1.54, 1.807) is 14.2 Å². The van der Waals surface area contributed by atoms with Crippen LogP contribution in [-0.4, -0.2) is 64.3 Å². The lowest BCUT2D eigenvalue weighted by atomic mass is 9.98. The summed E-state index contributed by atoms with van der Waals surface area (Å²) >= 11 is 0. The van der Waals surface area contributed by atoms with Crippen molar-refractivity contribution in [1.82, 2.24) is 15.5 Å². The van der Waals surface area contributed by atoms with Gasteiger partial charge >= 0.3 is 0 Å². The highest BCUT2D eigenvalue weighted by atomic mass is 127. The monoisotopic (exact) mass is 476 g/mol. The van der Waals surface area contributed by atoms with E-state index >= 15 is 0 Å². The Bertz CT molecular complexity index is 525. The van der Waals surface area contributed by atoms with Crippen LogP contribution in [0, 0.1) is 5.92 Å². The summed E-state index contributed by atoms with van der Waals surface area (Å²) in [5, 5.41) is 6.74. The number of ether oxygens (including phenoxy) is 2. The molecule has 1 atom stereocenters. The molecule has 1 aliphatic heterocycles. The molecule has 6 nitrogen and oxygen atoms in total. The van der Waals surface area contributed by atoms with Crippen LogP contribution in [0.2, 0.25) is 0 Å². The highest BCUT2D eigenvalue weighted by Crippen LogP contribution is 2.17. The van der Waals surface area contributed by atoms with Crippen LogP contribution >= 0.6 is 24.0 Å². The molecule has 1 saturated heterocycles. The molecule has 2 rings (SSSR count). The lowest BCUT2D eigenvalue weighted by Gasteiger charge is -2.32. The smallest absolute Gasteiger partial charge is 0.191 e. The van der Waals surface area contributed by atoms with Crippen LogP contribution in [0.3, 0.4) is 0 Å². The minimum atomic E-state index is 0. The van der Waals surface area contributed by atoms with E-state index in [2.05, 4.69) is 27.4 Å². The molecule has 0 spiro atoms. The molecule has 1 fully saturated rings. The first-order valence-corrected chi connectivity index (χ1v) is 9.19. The number of hydrogen-bond donors (Lipinski definition) is 2. The van der Waals surface area contributed by atoms with E-state index in [4.69, 9.17) is 9.47 Å². The second kappa shape index (κ2) is 13.0. The number of halogens is 1. The molecule has 0 bridgehead atoms. The van der Waals surface area contributed by atoms with Gasteiger partial charge in [0, 0.05) is 20.1 Å². The zero-order valence-electron chi connectivity index (χ0n) is 16.2. The van der Waals surface area contributed by atoms with Gasteiger partial charge in [0.2, 0.25) is 0 Å². The number of rotatable bonds is 8. The van der Waals surface area contributed by atoms with Crippen molar-refractivity contribution in [2.24, 2.45) is 10.9 Å². The van der Waals surface area contributed by atoms with Gasteiger partial charge in [0.15, 0.2) is 5.96 Å². The number of likely N-dealkylation sites (tertiary alicyclic amines) is 1. The number of nitrogens with zero attached hydrogens (tertiary/aromatic N) is 2. The largest absolute Gasteiger partial charge is 0.497 e. The van der Waals surface area contributed by atoms with Crippen molar-refractivity contribution >= 4 is 29.9 Å². The van der Waals surface area contributed by atoms with Gasteiger partial charge in [-0.15, -0.1) is 24.0 Å². The summed E-state index contributed by atoms with van der Waals surface area (Å²) in [7, 11) is 3.46. The first-order chi connectivity index (χ1) is 12.2. The van der Waals surface area contributed by atoms with Crippen molar-refractivity contribution in [3.63, 3.8) is 0 Å². The normalized spacial score (nSPS) is 18.0. The van der Waals surface area contributed by atoms with E-state index in [-0.39, 0.29) is 24.0 Å². The standard InChI is InChI=1S/C19H32N4O2.HI/c1-4-23-12-5-6-16(15-23)14-22-19(20-2)21-11-13-25-18-9-7-17(24-3)8-10-18;/h7-10,16H,4-6,11-15H2,1-3H3,(H2,20,21,22);1H. The van der Waals surface area contributed by atoms with Crippen molar-refractivity contribution in [3.8, 4) is 11.5 Å². The van der Waals surface area contributed by atoms with Crippen molar-refractivity contribution in [2.45, 2.75) is 19.8 Å². The Morgan fingerprint density at radius 2 is 1.96 bits per heavy atom. The molecule has 2 N–H and O–H groups in total. The Morgan fingerprint density at radius 3 is 2.62 bits per heavy atom. The first kappa shape index (κ1) is 22.8.